The molecule has 3 heterocycles. The number of likely N-dealkylation sites (N-methyl/N-ethyl adjacent to an activating group) is 1. The second kappa shape index (κ2) is 15.4. The first kappa shape index (κ1) is 36.4. The van der Waals surface area contributed by atoms with Crippen molar-refractivity contribution in [2.24, 2.45) is 5.92 Å². The van der Waals surface area contributed by atoms with Crippen LogP contribution in [0.15, 0.2) is 29.2 Å². The van der Waals surface area contributed by atoms with Crippen LogP contribution in [0, 0.1) is 19.8 Å². The maximum absolute atomic E-state index is 14.0. The normalized spacial score (nSPS) is 21.6. The third kappa shape index (κ3) is 7.65. The van der Waals surface area contributed by atoms with E-state index in [1.165, 1.54) is 0 Å². The van der Waals surface area contributed by atoms with Gasteiger partial charge in [-0.1, -0.05) is 32.6 Å². The molecule has 2 atom stereocenters. The van der Waals surface area contributed by atoms with Crippen LogP contribution in [0.5, 0.6) is 0 Å². The molecule has 5 rings (SSSR count). The number of nitrogens with one attached hydrogen (secondary N) is 2. The van der Waals surface area contributed by atoms with Crippen molar-refractivity contribution in [1.82, 2.24) is 34.5 Å². The van der Waals surface area contributed by atoms with Crippen molar-refractivity contribution in [2.45, 2.75) is 108 Å². The van der Waals surface area contributed by atoms with Crippen molar-refractivity contribution >= 4 is 21.8 Å². The van der Waals surface area contributed by atoms with Crippen LogP contribution < -0.4 is 10.0 Å². The summed E-state index contributed by atoms with van der Waals surface area (Å²) in [5.74, 6) is -0.215. The molecule has 13 heteroatoms. The van der Waals surface area contributed by atoms with Crippen LogP contribution in [0.1, 0.15) is 81.7 Å². The average Bonchev–Trinajstić information content (AvgIpc) is 3.35. The second-order valence-corrected chi connectivity index (χ2v) is 16.0. The quantitative estimate of drug-likeness (QED) is 0.293. The number of likely N-dealkylation sites (tertiary alicyclic amines) is 1. The van der Waals surface area contributed by atoms with E-state index in [4.69, 9.17) is 5.10 Å². The number of aryl methyl sites for hydroxylation is 1. The first-order valence-electron chi connectivity index (χ1n) is 17.7. The van der Waals surface area contributed by atoms with Gasteiger partial charge in [-0.25, -0.2) is 17.8 Å². The van der Waals surface area contributed by atoms with Crippen LogP contribution in [0.2, 0.25) is 0 Å². The van der Waals surface area contributed by atoms with E-state index in [9.17, 15) is 23.1 Å². The molecule has 2 amide bonds. The lowest BCUT2D eigenvalue weighted by Gasteiger charge is -2.52. The molecule has 3 fully saturated rings. The number of rotatable bonds is 13. The standard InChI is InChI=1S/C35H55N7O5S/c1-6-7-20-41-33(44)31(32(43)27-11-9-8-10-12-27)37-34(45)35(41)17-21-40(22-18-35)24-30-25(2)38-42(26(30)3)28-13-15-29(16-14-28)48(46,47)36-19-23-39(4)5/h13-16,27,31-32,36,43H,6-12,17-24H2,1-5H3,(H,37,45). The molecule has 3 N–H and O–H groups in total. The number of carbonyl (C=O) groups is 2. The monoisotopic (exact) mass is 685 g/mol. The van der Waals surface area contributed by atoms with E-state index in [1.54, 1.807) is 24.3 Å². The second-order valence-electron chi connectivity index (χ2n) is 14.2. The van der Waals surface area contributed by atoms with Crippen LogP contribution in [0.4, 0.5) is 0 Å². The maximum Gasteiger partial charge on any atom is 0.248 e. The molecule has 1 spiro atoms. The SMILES string of the molecule is CCCCN1C(=O)C(C(O)C2CCCCC2)NC(=O)C12CCN(Cc1c(C)nn(-c3ccc(S(=O)(=O)NCCN(C)C)cc3)c1C)CC2. The van der Waals surface area contributed by atoms with Crippen LogP contribution in [-0.2, 0) is 26.2 Å². The van der Waals surface area contributed by atoms with Crippen molar-refractivity contribution in [3.05, 3.63) is 41.2 Å². The number of sulfonamides is 1. The Kier molecular flexibility index (Phi) is 11.7. The van der Waals surface area contributed by atoms with Gasteiger partial charge in [0.15, 0.2) is 0 Å². The first-order chi connectivity index (χ1) is 22.9. The lowest BCUT2D eigenvalue weighted by molar-refractivity contribution is -0.166. The smallest absolute Gasteiger partial charge is 0.248 e. The molecule has 2 saturated heterocycles. The highest BCUT2D eigenvalue weighted by atomic mass is 32.2. The molecule has 3 aliphatic rings. The molecule has 48 heavy (non-hydrogen) atoms. The van der Waals surface area contributed by atoms with Crippen LogP contribution in [-0.4, -0.2) is 114 Å². The topological polar surface area (TPSA) is 140 Å². The molecule has 0 radical (unpaired) electrons. The van der Waals surface area contributed by atoms with Crippen LogP contribution in [0.3, 0.4) is 0 Å². The van der Waals surface area contributed by atoms with Crippen molar-refractivity contribution < 1.29 is 23.1 Å². The minimum Gasteiger partial charge on any atom is -0.390 e. The van der Waals surface area contributed by atoms with Gasteiger partial charge in [-0.15, -0.1) is 0 Å². The minimum absolute atomic E-state index is 0.0466. The van der Waals surface area contributed by atoms with Gasteiger partial charge in [-0.3, -0.25) is 14.5 Å². The summed E-state index contributed by atoms with van der Waals surface area (Å²) in [6.07, 6.45) is 7.00. The van der Waals surface area contributed by atoms with Crippen molar-refractivity contribution in [1.29, 1.82) is 0 Å². The molecule has 0 bridgehead atoms. The highest BCUT2D eigenvalue weighted by Crippen LogP contribution is 2.37. The maximum atomic E-state index is 14.0. The highest BCUT2D eigenvalue weighted by Gasteiger charge is 2.55. The molecule has 1 saturated carbocycles. The Labute approximate surface area is 286 Å². The number of hydrogen-bond acceptors (Lipinski definition) is 8. The largest absolute Gasteiger partial charge is 0.390 e. The number of benzene rings is 1. The summed E-state index contributed by atoms with van der Waals surface area (Å²) in [7, 11) is 0.184. The summed E-state index contributed by atoms with van der Waals surface area (Å²) in [5, 5.41) is 19.1. The number of aliphatic hydroxyl groups excluding tert-OH is 1. The van der Waals surface area contributed by atoms with E-state index in [0.29, 0.717) is 52.1 Å². The molecule has 12 nitrogen and oxygen atoms in total. The molecule has 2 aliphatic heterocycles. The fraction of sp³-hybridized carbons (Fsp3) is 0.686. The van der Waals surface area contributed by atoms with Crippen molar-refractivity contribution in [2.75, 3.05) is 46.8 Å². The zero-order valence-electron chi connectivity index (χ0n) is 29.4. The predicted octanol–water partition coefficient (Wildman–Crippen LogP) is 2.73. The fourth-order valence-corrected chi connectivity index (χ4v) is 8.69. The summed E-state index contributed by atoms with van der Waals surface area (Å²) in [4.78, 5) is 34.1. The minimum atomic E-state index is -3.61. The number of nitrogens with zero attached hydrogens (tertiary/aromatic N) is 5. The Hall–Kier alpha value is -2.84. The Balaban J connectivity index is 1.26. The van der Waals surface area contributed by atoms with Crippen molar-refractivity contribution in [3.8, 4) is 5.69 Å². The van der Waals surface area contributed by atoms with Gasteiger partial charge in [0.2, 0.25) is 21.8 Å². The van der Waals surface area contributed by atoms with Gasteiger partial charge in [0.05, 0.1) is 22.4 Å². The molecule has 2 aromatic rings. The van der Waals surface area contributed by atoms with Gasteiger partial charge >= 0.3 is 0 Å². The van der Waals surface area contributed by atoms with Crippen LogP contribution >= 0.6 is 0 Å². The lowest BCUT2D eigenvalue weighted by Crippen LogP contribution is -2.75. The Morgan fingerprint density at radius 3 is 2.38 bits per heavy atom. The predicted molar refractivity (Wildman–Crippen MR) is 185 cm³/mol. The first-order valence-corrected chi connectivity index (χ1v) is 19.2. The Morgan fingerprint density at radius 2 is 1.75 bits per heavy atom. The molecule has 1 aliphatic carbocycles. The molecule has 1 aromatic carbocycles. The summed E-state index contributed by atoms with van der Waals surface area (Å²) in [6.45, 7) is 9.50. The summed E-state index contributed by atoms with van der Waals surface area (Å²) >= 11 is 0. The van der Waals surface area contributed by atoms with Gasteiger partial charge in [-0.05, 0) is 90.2 Å². The fourth-order valence-electron chi connectivity index (χ4n) is 7.67. The third-order valence-electron chi connectivity index (χ3n) is 10.7. The van der Waals surface area contributed by atoms with E-state index in [1.807, 2.05) is 42.4 Å². The van der Waals surface area contributed by atoms with Crippen molar-refractivity contribution in [3.63, 3.8) is 0 Å². The molecule has 2 unspecified atom stereocenters. The lowest BCUT2D eigenvalue weighted by atomic mass is 9.78. The molecule has 1 aromatic heterocycles. The van der Waals surface area contributed by atoms with Crippen LogP contribution in [0.25, 0.3) is 5.69 Å². The molecular formula is C35H55N7O5S. The van der Waals surface area contributed by atoms with E-state index in [0.717, 1.165) is 67.6 Å². The van der Waals surface area contributed by atoms with Gasteiger partial charge in [0.25, 0.3) is 0 Å². The van der Waals surface area contributed by atoms with Gasteiger partial charge < -0.3 is 20.2 Å². The van der Waals surface area contributed by atoms with Gasteiger partial charge in [-0.2, -0.15) is 5.10 Å². The zero-order chi connectivity index (χ0) is 34.6. The van der Waals surface area contributed by atoms with E-state index < -0.39 is 27.7 Å². The number of piperidine rings is 1. The molecular weight excluding hydrogens is 630 g/mol. The van der Waals surface area contributed by atoms with Gasteiger partial charge in [0.1, 0.15) is 11.6 Å². The Bertz CT molecular complexity index is 1530. The number of aliphatic hydroxyl groups is 1. The summed E-state index contributed by atoms with van der Waals surface area (Å²) in [6, 6.07) is 5.89. The summed E-state index contributed by atoms with van der Waals surface area (Å²) in [5.41, 5.74) is 2.84. The van der Waals surface area contributed by atoms with E-state index >= 15 is 0 Å². The number of aromatic nitrogens is 2. The Morgan fingerprint density at radius 1 is 1.08 bits per heavy atom. The zero-order valence-corrected chi connectivity index (χ0v) is 30.2. The molecule has 266 valence electrons. The van der Waals surface area contributed by atoms with E-state index in [2.05, 4.69) is 21.9 Å². The van der Waals surface area contributed by atoms with Gasteiger partial charge in [0, 0.05) is 50.5 Å². The highest BCUT2D eigenvalue weighted by molar-refractivity contribution is 7.89. The van der Waals surface area contributed by atoms with E-state index in [-0.39, 0.29) is 22.6 Å². The number of unbranched alkanes of at least 4 members (excludes halogenated alkanes) is 1. The number of amides is 2. The number of carbonyl (C=O) groups excluding carboxylic acids is 2. The third-order valence-corrected chi connectivity index (χ3v) is 12.2. The average molecular weight is 686 g/mol. The summed E-state index contributed by atoms with van der Waals surface area (Å²) < 4.78 is 29.9. The number of piperazine rings is 1. The number of hydrogen-bond donors (Lipinski definition) is 3.